The van der Waals surface area contributed by atoms with E-state index in [0.717, 1.165) is 25.7 Å². The predicted octanol–water partition coefficient (Wildman–Crippen LogP) is 1.64. The zero-order chi connectivity index (χ0) is 18.7. The molecule has 0 heterocycles. The van der Waals surface area contributed by atoms with Gasteiger partial charge in [-0.15, -0.1) is 0 Å². The zero-order valence-electron chi connectivity index (χ0n) is 15.5. The number of carbonyl (C=O) groups is 2. The van der Waals surface area contributed by atoms with Crippen LogP contribution in [-0.4, -0.2) is 46.2 Å². The maximum atomic E-state index is 12.3. The fourth-order valence-corrected chi connectivity index (χ4v) is 7.36. The smallest absolute Gasteiger partial charge is 0.161 e. The minimum atomic E-state index is -0.595. The fraction of sp³-hybridized carbons (Fsp3) is 0.810. The molecular weight excluding hydrogens is 332 g/mol. The van der Waals surface area contributed by atoms with Crippen LogP contribution < -0.4 is 0 Å². The first-order valence-electron chi connectivity index (χ1n) is 10.0. The van der Waals surface area contributed by atoms with Crippen molar-refractivity contribution in [3.05, 3.63) is 11.6 Å². The van der Waals surface area contributed by atoms with Gasteiger partial charge < -0.3 is 15.3 Å². The number of carbonyl (C=O) groups excluding carboxylic acids is 2. The Labute approximate surface area is 154 Å². The highest BCUT2D eigenvalue weighted by molar-refractivity contribution is 5.91. The fourth-order valence-electron chi connectivity index (χ4n) is 7.36. The van der Waals surface area contributed by atoms with Crippen LogP contribution in [0.2, 0.25) is 0 Å². The van der Waals surface area contributed by atoms with E-state index < -0.39 is 18.1 Å². The van der Waals surface area contributed by atoms with Crippen LogP contribution >= 0.6 is 0 Å². The van der Waals surface area contributed by atoms with Crippen molar-refractivity contribution in [1.82, 2.24) is 0 Å². The van der Waals surface area contributed by atoms with Crippen molar-refractivity contribution in [3.63, 3.8) is 0 Å². The number of ketones is 2. The Kier molecular flexibility index (Phi) is 4.41. The van der Waals surface area contributed by atoms with E-state index in [0.29, 0.717) is 19.3 Å². The van der Waals surface area contributed by atoms with Crippen LogP contribution in [0.15, 0.2) is 11.6 Å². The molecule has 7 atom stereocenters. The van der Waals surface area contributed by atoms with E-state index in [-0.39, 0.29) is 47.3 Å². The maximum absolute atomic E-state index is 12.3. The number of aliphatic hydroxyl groups excluding tert-OH is 3. The van der Waals surface area contributed by atoms with Gasteiger partial charge in [0.05, 0.1) is 6.10 Å². The maximum Gasteiger partial charge on any atom is 0.161 e. The molecule has 26 heavy (non-hydrogen) atoms. The molecule has 0 aromatic rings. The molecular formula is C21H30O5. The second-order valence-corrected chi connectivity index (χ2v) is 9.31. The van der Waals surface area contributed by atoms with Crippen LogP contribution in [0.1, 0.15) is 51.9 Å². The Balaban J connectivity index is 1.72. The van der Waals surface area contributed by atoms with Gasteiger partial charge in [-0.25, -0.2) is 0 Å². The van der Waals surface area contributed by atoms with Crippen molar-refractivity contribution < 1.29 is 24.9 Å². The molecule has 5 heteroatoms. The van der Waals surface area contributed by atoms with Crippen molar-refractivity contribution in [2.24, 2.45) is 34.5 Å². The Morgan fingerprint density at radius 3 is 2.69 bits per heavy atom. The van der Waals surface area contributed by atoms with E-state index in [1.54, 1.807) is 0 Å². The number of fused-ring (bicyclic) bond motifs is 5. The largest absolute Gasteiger partial charge is 0.396 e. The summed E-state index contributed by atoms with van der Waals surface area (Å²) in [6, 6.07) is 0. The third-order valence-electron chi connectivity index (χ3n) is 8.46. The number of hydrogen-bond acceptors (Lipinski definition) is 5. The van der Waals surface area contributed by atoms with Crippen LogP contribution in [-0.2, 0) is 9.59 Å². The highest BCUT2D eigenvalue weighted by Gasteiger charge is 2.64. The molecule has 4 rings (SSSR count). The number of aliphatic hydroxyl groups is 3. The molecule has 0 saturated heterocycles. The van der Waals surface area contributed by atoms with Crippen molar-refractivity contribution in [2.75, 3.05) is 13.2 Å². The molecule has 0 spiro atoms. The van der Waals surface area contributed by atoms with Crippen LogP contribution in [0.4, 0.5) is 0 Å². The molecule has 0 amide bonds. The first kappa shape index (κ1) is 18.3. The summed E-state index contributed by atoms with van der Waals surface area (Å²) in [6.07, 6.45) is 6.31. The van der Waals surface area contributed by atoms with Crippen LogP contribution in [0.5, 0.6) is 0 Å². The van der Waals surface area contributed by atoms with Crippen LogP contribution in [0, 0.1) is 34.5 Å². The van der Waals surface area contributed by atoms with Gasteiger partial charge in [0.2, 0.25) is 0 Å². The topological polar surface area (TPSA) is 94.8 Å². The second-order valence-electron chi connectivity index (χ2n) is 9.31. The molecule has 3 fully saturated rings. The van der Waals surface area contributed by atoms with Gasteiger partial charge in [-0.3, -0.25) is 9.59 Å². The van der Waals surface area contributed by atoms with Gasteiger partial charge in [-0.2, -0.15) is 0 Å². The molecule has 144 valence electrons. The van der Waals surface area contributed by atoms with E-state index in [1.807, 2.05) is 6.08 Å². The molecule has 0 radical (unpaired) electrons. The second kappa shape index (κ2) is 6.25. The van der Waals surface area contributed by atoms with Gasteiger partial charge in [0.25, 0.3) is 0 Å². The van der Waals surface area contributed by atoms with Gasteiger partial charge in [-0.05, 0) is 67.8 Å². The average Bonchev–Trinajstić information content (AvgIpc) is 3.00. The van der Waals surface area contributed by atoms with Crippen molar-refractivity contribution in [3.8, 4) is 0 Å². The molecule has 4 aliphatic carbocycles. The quantitative estimate of drug-likeness (QED) is 0.709. The minimum Gasteiger partial charge on any atom is -0.396 e. The van der Waals surface area contributed by atoms with Gasteiger partial charge >= 0.3 is 0 Å². The summed E-state index contributed by atoms with van der Waals surface area (Å²) in [6.45, 7) is 1.60. The molecule has 0 aromatic heterocycles. The lowest BCUT2D eigenvalue weighted by Crippen LogP contribution is -2.59. The summed E-state index contributed by atoms with van der Waals surface area (Å²) < 4.78 is 0. The van der Waals surface area contributed by atoms with Gasteiger partial charge in [0.15, 0.2) is 11.6 Å². The minimum absolute atomic E-state index is 0.0863. The normalized spacial score (nSPS) is 47.6. The molecule has 0 aromatic carbocycles. The Morgan fingerprint density at radius 2 is 2.00 bits per heavy atom. The molecule has 3 saturated carbocycles. The molecule has 4 aliphatic rings. The summed E-state index contributed by atoms with van der Waals surface area (Å²) in [5.41, 5.74) is 0.436. The summed E-state index contributed by atoms with van der Waals surface area (Å²) in [5, 5.41) is 30.9. The van der Waals surface area contributed by atoms with Gasteiger partial charge in [0, 0.05) is 24.4 Å². The third-order valence-corrected chi connectivity index (χ3v) is 8.46. The lowest BCUT2D eigenvalue weighted by Gasteiger charge is -2.60. The molecule has 1 unspecified atom stereocenters. The lowest BCUT2D eigenvalue weighted by molar-refractivity contribution is -0.158. The standard InChI is InChI=1S/C21H30O5/c1-20-7-6-13(24)8-12(20)2-3-14-15-4-5-16(18(26)10-22)21(15,11-23)9-17(25)19(14)20/h8,14-17,19,22-23,25H,2-7,9-11H2,1H3/t14-,15-,16+,17?,19+,20-,21+/m0/s1. The van der Waals surface area contributed by atoms with E-state index in [4.69, 9.17) is 0 Å². The van der Waals surface area contributed by atoms with Gasteiger partial charge in [0.1, 0.15) is 6.61 Å². The SMILES string of the molecule is C[C@]12CCC(=O)C=C1CC[C@H]1[C@@H]3CC[C@H](C(=O)CO)[C@@]3(CO)CC(O)[C@@H]12. The Morgan fingerprint density at radius 1 is 1.23 bits per heavy atom. The Bertz CT molecular complexity index is 655. The van der Waals surface area contributed by atoms with E-state index in [2.05, 4.69) is 6.92 Å². The highest BCUT2D eigenvalue weighted by atomic mass is 16.3. The van der Waals surface area contributed by atoms with E-state index in [9.17, 15) is 24.9 Å². The van der Waals surface area contributed by atoms with Crippen molar-refractivity contribution >= 4 is 11.6 Å². The Hall–Kier alpha value is -1.04. The summed E-state index contributed by atoms with van der Waals surface area (Å²) in [7, 11) is 0. The number of rotatable bonds is 3. The van der Waals surface area contributed by atoms with Crippen LogP contribution in [0.3, 0.4) is 0 Å². The summed E-state index contributed by atoms with van der Waals surface area (Å²) >= 11 is 0. The third kappa shape index (κ3) is 2.33. The van der Waals surface area contributed by atoms with E-state index >= 15 is 0 Å². The predicted molar refractivity (Wildman–Crippen MR) is 95.1 cm³/mol. The van der Waals surface area contributed by atoms with Crippen LogP contribution in [0.25, 0.3) is 0 Å². The summed E-state index contributed by atoms with van der Waals surface area (Å²) in [5.74, 6) is 0.202. The molecule has 0 aliphatic heterocycles. The first-order chi connectivity index (χ1) is 12.4. The van der Waals surface area contributed by atoms with Crippen molar-refractivity contribution in [1.29, 1.82) is 0 Å². The first-order valence-corrected chi connectivity index (χ1v) is 10.0. The molecule has 0 bridgehead atoms. The number of hydrogen-bond donors (Lipinski definition) is 3. The van der Waals surface area contributed by atoms with E-state index in [1.165, 1.54) is 5.57 Å². The summed E-state index contributed by atoms with van der Waals surface area (Å²) in [4.78, 5) is 24.2. The lowest BCUT2D eigenvalue weighted by atomic mass is 9.45. The zero-order valence-corrected chi connectivity index (χ0v) is 15.5. The number of Topliss-reactive ketones (excluding diaryl/α,β-unsaturated/α-hetero) is 1. The average molecular weight is 362 g/mol. The monoisotopic (exact) mass is 362 g/mol. The molecule has 3 N–H and O–H groups in total. The molecule has 5 nitrogen and oxygen atoms in total. The number of allylic oxidation sites excluding steroid dienone is 1. The highest BCUT2D eigenvalue weighted by Crippen LogP contribution is 2.66. The van der Waals surface area contributed by atoms with Gasteiger partial charge in [-0.1, -0.05) is 12.5 Å². The van der Waals surface area contributed by atoms with Crippen molar-refractivity contribution in [2.45, 2.75) is 58.0 Å².